The molecule has 0 aromatic carbocycles. The fourth-order valence-corrected chi connectivity index (χ4v) is 4.39. The highest BCUT2D eigenvalue weighted by Crippen LogP contribution is 2.27. The van der Waals surface area contributed by atoms with E-state index in [2.05, 4.69) is 15.0 Å². The first-order valence-electron chi connectivity index (χ1n) is 10.5. The molecule has 2 saturated heterocycles. The molecule has 9 nitrogen and oxygen atoms in total. The van der Waals surface area contributed by atoms with Gasteiger partial charge in [0.05, 0.1) is 10.9 Å². The molecule has 0 radical (unpaired) electrons. The van der Waals surface area contributed by atoms with Gasteiger partial charge in [0.1, 0.15) is 6.04 Å². The molecule has 0 spiro atoms. The van der Waals surface area contributed by atoms with Crippen LogP contribution in [0.4, 0.5) is 5.95 Å². The van der Waals surface area contributed by atoms with Crippen LogP contribution in [0, 0.1) is 0 Å². The Labute approximate surface area is 175 Å². The van der Waals surface area contributed by atoms with Crippen molar-refractivity contribution in [2.75, 3.05) is 38.6 Å². The predicted molar refractivity (Wildman–Crippen MR) is 113 cm³/mol. The topological polar surface area (TPSA) is 102 Å². The molecule has 2 aliphatic rings. The molecular formula is C21H28N6O3. The number of fused-ring (bicyclic) bond motifs is 1. The summed E-state index contributed by atoms with van der Waals surface area (Å²) in [6.07, 6.45) is 4.62. The predicted octanol–water partition coefficient (Wildman–Crippen LogP) is 1.10. The van der Waals surface area contributed by atoms with Gasteiger partial charge in [-0.1, -0.05) is 0 Å². The number of aromatic amines is 1. The van der Waals surface area contributed by atoms with Crippen LogP contribution in [-0.2, 0) is 9.59 Å². The van der Waals surface area contributed by atoms with Crippen molar-refractivity contribution in [2.24, 2.45) is 0 Å². The second-order valence-electron chi connectivity index (χ2n) is 8.41. The summed E-state index contributed by atoms with van der Waals surface area (Å²) in [7, 11) is 3.71. The molecule has 2 fully saturated rings. The minimum absolute atomic E-state index is 0.0182. The zero-order valence-corrected chi connectivity index (χ0v) is 17.7. The van der Waals surface area contributed by atoms with E-state index in [0.29, 0.717) is 42.9 Å². The smallest absolute Gasteiger partial charge is 0.259 e. The molecule has 9 heteroatoms. The summed E-state index contributed by atoms with van der Waals surface area (Å²) in [6, 6.07) is 1.46. The molecule has 4 rings (SSSR count). The molecule has 0 unspecified atom stereocenters. The zero-order chi connectivity index (χ0) is 21.4. The number of aromatic nitrogens is 3. The molecule has 0 bridgehead atoms. The van der Waals surface area contributed by atoms with Crippen LogP contribution >= 0.6 is 0 Å². The second-order valence-corrected chi connectivity index (χ2v) is 8.41. The lowest BCUT2D eigenvalue weighted by Crippen LogP contribution is -2.50. The van der Waals surface area contributed by atoms with Gasteiger partial charge in [-0.3, -0.25) is 14.4 Å². The van der Waals surface area contributed by atoms with Crippen molar-refractivity contribution < 1.29 is 9.59 Å². The van der Waals surface area contributed by atoms with Crippen molar-refractivity contribution in [3.05, 3.63) is 28.3 Å². The standard InChI is InChI=1S/C21H28N6O3/c1-13(27-9-5-7-18(27)28)20(30)26-8-4-6-14(12-26)16-10-17-15(19(29)23-16)11-22-21(24-17)25(2)3/h10-11,13-14H,4-9,12H2,1-3H3,(H,23,29)/t13-,14-/m0/s1. The van der Waals surface area contributed by atoms with E-state index in [4.69, 9.17) is 0 Å². The van der Waals surface area contributed by atoms with Crippen LogP contribution in [0.1, 0.15) is 44.2 Å². The average molecular weight is 412 g/mol. The number of rotatable bonds is 4. The van der Waals surface area contributed by atoms with Gasteiger partial charge in [0, 0.05) is 58.0 Å². The van der Waals surface area contributed by atoms with Gasteiger partial charge in [0.2, 0.25) is 17.8 Å². The van der Waals surface area contributed by atoms with Crippen LogP contribution in [0.25, 0.3) is 10.9 Å². The number of likely N-dealkylation sites (tertiary alicyclic amines) is 2. The number of nitrogens with one attached hydrogen (secondary N) is 1. The Hall–Kier alpha value is -2.97. The van der Waals surface area contributed by atoms with Gasteiger partial charge in [0.15, 0.2) is 0 Å². The van der Waals surface area contributed by atoms with E-state index in [0.717, 1.165) is 25.0 Å². The Morgan fingerprint density at radius 2 is 2.07 bits per heavy atom. The maximum Gasteiger partial charge on any atom is 0.259 e. The summed E-state index contributed by atoms with van der Waals surface area (Å²) in [5, 5.41) is 0.453. The monoisotopic (exact) mass is 412 g/mol. The van der Waals surface area contributed by atoms with Gasteiger partial charge in [-0.05, 0) is 32.3 Å². The summed E-state index contributed by atoms with van der Waals surface area (Å²) in [4.78, 5) is 54.6. The fraction of sp³-hybridized carbons (Fsp3) is 0.571. The first-order valence-corrected chi connectivity index (χ1v) is 10.5. The Kier molecular flexibility index (Phi) is 5.44. The Morgan fingerprint density at radius 3 is 2.77 bits per heavy atom. The zero-order valence-electron chi connectivity index (χ0n) is 17.7. The van der Waals surface area contributed by atoms with Crippen molar-refractivity contribution >= 4 is 28.7 Å². The van der Waals surface area contributed by atoms with Gasteiger partial charge in [-0.25, -0.2) is 9.97 Å². The molecular weight excluding hydrogens is 384 g/mol. The number of pyridine rings is 1. The second kappa shape index (κ2) is 8.04. The van der Waals surface area contributed by atoms with E-state index in [-0.39, 0.29) is 23.3 Å². The molecule has 2 amide bonds. The number of amides is 2. The van der Waals surface area contributed by atoms with E-state index < -0.39 is 6.04 Å². The minimum Gasteiger partial charge on any atom is -0.347 e. The third-order valence-electron chi connectivity index (χ3n) is 6.11. The summed E-state index contributed by atoms with van der Waals surface area (Å²) < 4.78 is 0. The summed E-state index contributed by atoms with van der Waals surface area (Å²) in [5.41, 5.74) is 1.18. The molecule has 30 heavy (non-hydrogen) atoms. The lowest BCUT2D eigenvalue weighted by Gasteiger charge is -2.36. The summed E-state index contributed by atoms with van der Waals surface area (Å²) in [5.74, 6) is 0.609. The maximum absolute atomic E-state index is 13.0. The highest BCUT2D eigenvalue weighted by molar-refractivity contribution is 5.88. The number of hydrogen-bond donors (Lipinski definition) is 1. The number of carbonyl (C=O) groups excluding carboxylic acids is 2. The van der Waals surface area contributed by atoms with Gasteiger partial charge in [-0.15, -0.1) is 0 Å². The number of anilines is 1. The number of piperidine rings is 1. The summed E-state index contributed by atoms with van der Waals surface area (Å²) >= 11 is 0. The van der Waals surface area contributed by atoms with Crippen LogP contribution in [0.3, 0.4) is 0 Å². The van der Waals surface area contributed by atoms with Gasteiger partial charge in [0.25, 0.3) is 5.56 Å². The van der Waals surface area contributed by atoms with Gasteiger partial charge < -0.3 is 19.7 Å². The highest BCUT2D eigenvalue weighted by atomic mass is 16.2. The van der Waals surface area contributed by atoms with Crippen molar-refractivity contribution in [3.63, 3.8) is 0 Å². The molecule has 2 aliphatic heterocycles. The molecule has 0 aliphatic carbocycles. The van der Waals surface area contributed by atoms with Gasteiger partial charge >= 0.3 is 0 Å². The van der Waals surface area contributed by atoms with E-state index in [1.54, 1.807) is 16.0 Å². The van der Waals surface area contributed by atoms with Crippen LogP contribution in [-0.4, -0.2) is 76.3 Å². The van der Waals surface area contributed by atoms with E-state index >= 15 is 0 Å². The van der Waals surface area contributed by atoms with Gasteiger partial charge in [-0.2, -0.15) is 0 Å². The lowest BCUT2D eigenvalue weighted by atomic mass is 9.93. The summed E-state index contributed by atoms with van der Waals surface area (Å²) in [6.45, 7) is 3.66. The Morgan fingerprint density at radius 1 is 1.27 bits per heavy atom. The normalized spacial score (nSPS) is 20.6. The van der Waals surface area contributed by atoms with Crippen molar-refractivity contribution in [1.29, 1.82) is 0 Å². The SMILES string of the molecule is C[C@@H](C(=O)N1CCC[C@H](c2cc3nc(N(C)C)ncc3c(=O)[nH]2)C1)N1CCCC1=O. The van der Waals surface area contributed by atoms with Crippen LogP contribution in [0.15, 0.2) is 17.1 Å². The van der Waals surface area contributed by atoms with Crippen molar-refractivity contribution in [2.45, 2.75) is 44.6 Å². The first-order chi connectivity index (χ1) is 14.3. The number of hydrogen-bond acceptors (Lipinski definition) is 6. The number of nitrogens with zero attached hydrogens (tertiary/aromatic N) is 5. The largest absolute Gasteiger partial charge is 0.347 e. The maximum atomic E-state index is 13.0. The fourth-order valence-electron chi connectivity index (χ4n) is 4.39. The molecule has 160 valence electrons. The third-order valence-corrected chi connectivity index (χ3v) is 6.11. The number of carbonyl (C=O) groups is 2. The quantitative estimate of drug-likeness (QED) is 0.807. The first kappa shape index (κ1) is 20.3. The van der Waals surface area contributed by atoms with Crippen molar-refractivity contribution in [3.8, 4) is 0 Å². The van der Waals surface area contributed by atoms with E-state index in [1.165, 1.54) is 0 Å². The third kappa shape index (κ3) is 3.76. The average Bonchev–Trinajstić information content (AvgIpc) is 3.18. The van der Waals surface area contributed by atoms with E-state index in [1.807, 2.05) is 32.0 Å². The Balaban J connectivity index is 1.56. The van der Waals surface area contributed by atoms with Crippen LogP contribution in [0.2, 0.25) is 0 Å². The molecule has 4 heterocycles. The molecule has 2 aromatic rings. The molecule has 1 N–H and O–H groups in total. The molecule has 2 aromatic heterocycles. The lowest BCUT2D eigenvalue weighted by molar-refractivity contribution is -0.143. The van der Waals surface area contributed by atoms with Crippen LogP contribution < -0.4 is 10.5 Å². The molecule has 0 saturated carbocycles. The minimum atomic E-state index is -0.440. The number of H-pyrrole nitrogens is 1. The van der Waals surface area contributed by atoms with E-state index in [9.17, 15) is 14.4 Å². The highest BCUT2D eigenvalue weighted by Gasteiger charge is 2.34. The molecule has 2 atom stereocenters. The van der Waals surface area contributed by atoms with Crippen molar-refractivity contribution in [1.82, 2.24) is 24.8 Å². The van der Waals surface area contributed by atoms with Crippen LogP contribution in [0.5, 0.6) is 0 Å². The Bertz CT molecular complexity index is 1030.